The molecule has 0 saturated carbocycles. The number of aromatic nitrogens is 1. The molecule has 0 bridgehead atoms. The van der Waals surface area contributed by atoms with E-state index in [2.05, 4.69) is 69.4 Å². The average molecular weight is 371 g/mol. The van der Waals surface area contributed by atoms with Crippen molar-refractivity contribution in [2.24, 2.45) is 0 Å². The van der Waals surface area contributed by atoms with Gasteiger partial charge in [0.1, 0.15) is 5.75 Å². The van der Waals surface area contributed by atoms with Crippen LogP contribution in [0.4, 0.5) is 0 Å². The zero-order valence-corrected chi connectivity index (χ0v) is 15.9. The van der Waals surface area contributed by atoms with Crippen molar-refractivity contribution in [2.75, 3.05) is 26.2 Å². The Kier molecular flexibility index (Phi) is 4.51. The molecule has 2 N–H and O–H groups in total. The van der Waals surface area contributed by atoms with E-state index in [-0.39, 0.29) is 0 Å². The largest absolute Gasteiger partial charge is 0.508 e. The molecule has 5 rings (SSSR count). The number of aromatic hydroxyl groups is 1. The summed E-state index contributed by atoms with van der Waals surface area (Å²) < 4.78 is 0. The number of hydrogen-bond donors (Lipinski definition) is 2. The molecular weight excluding hydrogens is 346 g/mol. The summed E-state index contributed by atoms with van der Waals surface area (Å²) >= 11 is 0. The molecule has 2 heterocycles. The number of fused-ring (bicyclic) bond motifs is 3. The van der Waals surface area contributed by atoms with Gasteiger partial charge in [0, 0.05) is 67.2 Å². The van der Waals surface area contributed by atoms with Gasteiger partial charge in [0.2, 0.25) is 0 Å². The van der Waals surface area contributed by atoms with Crippen LogP contribution >= 0.6 is 0 Å². The first-order valence-corrected chi connectivity index (χ1v) is 9.97. The SMILES string of the molecule is Oc1cc2[nH]c3ccccc3c2cc1CN1CCN(Cc2ccccc2)CC1. The number of H-pyrrole nitrogens is 1. The summed E-state index contributed by atoms with van der Waals surface area (Å²) in [7, 11) is 0. The number of piperazine rings is 1. The molecule has 0 aliphatic carbocycles. The molecule has 0 amide bonds. The molecule has 0 radical (unpaired) electrons. The number of para-hydroxylation sites is 1. The maximum atomic E-state index is 10.6. The molecule has 1 aromatic heterocycles. The smallest absolute Gasteiger partial charge is 0.122 e. The van der Waals surface area contributed by atoms with Crippen molar-refractivity contribution in [3.63, 3.8) is 0 Å². The Morgan fingerprint density at radius 1 is 0.714 bits per heavy atom. The molecule has 0 unspecified atom stereocenters. The van der Waals surface area contributed by atoms with Gasteiger partial charge < -0.3 is 10.1 Å². The van der Waals surface area contributed by atoms with Crippen molar-refractivity contribution in [1.82, 2.24) is 14.8 Å². The Bertz CT molecular complexity index is 1090. The van der Waals surface area contributed by atoms with E-state index in [9.17, 15) is 5.11 Å². The fourth-order valence-electron chi connectivity index (χ4n) is 4.25. The summed E-state index contributed by atoms with van der Waals surface area (Å²) in [6.45, 7) is 5.98. The first-order chi connectivity index (χ1) is 13.8. The number of hydrogen-bond acceptors (Lipinski definition) is 3. The van der Waals surface area contributed by atoms with Crippen LogP contribution in [0.25, 0.3) is 21.8 Å². The molecule has 4 nitrogen and oxygen atoms in total. The van der Waals surface area contributed by atoms with Crippen molar-refractivity contribution in [3.8, 4) is 5.75 Å². The molecule has 28 heavy (non-hydrogen) atoms. The predicted octanol–water partition coefficient (Wildman–Crippen LogP) is 4.34. The highest BCUT2D eigenvalue weighted by molar-refractivity contribution is 6.07. The van der Waals surface area contributed by atoms with E-state index >= 15 is 0 Å². The summed E-state index contributed by atoms with van der Waals surface area (Å²) in [5.41, 5.74) is 4.49. The Morgan fingerprint density at radius 3 is 2.18 bits per heavy atom. The minimum absolute atomic E-state index is 0.380. The molecule has 0 atom stereocenters. The van der Waals surface area contributed by atoms with E-state index in [1.807, 2.05) is 12.1 Å². The molecule has 3 aromatic carbocycles. The maximum Gasteiger partial charge on any atom is 0.122 e. The van der Waals surface area contributed by atoms with E-state index < -0.39 is 0 Å². The molecular formula is C24H25N3O. The highest BCUT2D eigenvalue weighted by atomic mass is 16.3. The van der Waals surface area contributed by atoms with Crippen LogP contribution in [0, 0.1) is 0 Å². The fourth-order valence-corrected chi connectivity index (χ4v) is 4.25. The Morgan fingerprint density at radius 2 is 1.39 bits per heavy atom. The number of phenols is 1. The lowest BCUT2D eigenvalue weighted by atomic mass is 10.1. The van der Waals surface area contributed by atoms with Crippen LogP contribution in [-0.2, 0) is 13.1 Å². The Hall–Kier alpha value is -2.82. The lowest BCUT2D eigenvalue weighted by molar-refractivity contribution is 0.121. The average Bonchev–Trinajstić information content (AvgIpc) is 3.08. The van der Waals surface area contributed by atoms with Crippen LogP contribution in [0.2, 0.25) is 0 Å². The maximum absolute atomic E-state index is 10.6. The van der Waals surface area contributed by atoms with Crippen LogP contribution in [0.15, 0.2) is 66.7 Å². The molecule has 142 valence electrons. The first kappa shape index (κ1) is 17.3. The zero-order valence-electron chi connectivity index (χ0n) is 15.9. The van der Waals surface area contributed by atoms with Crippen LogP contribution in [-0.4, -0.2) is 46.1 Å². The third-order valence-electron chi connectivity index (χ3n) is 5.81. The zero-order chi connectivity index (χ0) is 18.9. The summed E-state index contributed by atoms with van der Waals surface area (Å²) in [6.07, 6.45) is 0. The molecule has 1 saturated heterocycles. The van der Waals surface area contributed by atoms with Gasteiger partial charge in [0.15, 0.2) is 0 Å². The topological polar surface area (TPSA) is 42.5 Å². The minimum atomic E-state index is 0.380. The molecule has 1 aliphatic heterocycles. The van der Waals surface area contributed by atoms with Crippen LogP contribution in [0.5, 0.6) is 5.75 Å². The van der Waals surface area contributed by atoms with Gasteiger partial charge in [-0.3, -0.25) is 9.80 Å². The fraction of sp³-hybridized carbons (Fsp3) is 0.250. The van der Waals surface area contributed by atoms with E-state index in [1.165, 1.54) is 16.3 Å². The third-order valence-corrected chi connectivity index (χ3v) is 5.81. The number of phenolic OH excluding ortho intramolecular Hbond substituents is 1. The second-order valence-electron chi connectivity index (χ2n) is 7.73. The predicted molar refractivity (Wildman–Crippen MR) is 114 cm³/mol. The molecule has 1 aliphatic rings. The van der Waals surface area contributed by atoms with Gasteiger partial charge in [0.05, 0.1) is 5.52 Å². The number of nitrogens with zero attached hydrogens (tertiary/aromatic N) is 2. The lowest BCUT2D eigenvalue weighted by Gasteiger charge is -2.34. The van der Waals surface area contributed by atoms with E-state index in [1.54, 1.807) is 0 Å². The molecule has 1 fully saturated rings. The minimum Gasteiger partial charge on any atom is -0.508 e. The van der Waals surface area contributed by atoms with Crippen LogP contribution in [0.1, 0.15) is 11.1 Å². The van der Waals surface area contributed by atoms with E-state index in [4.69, 9.17) is 0 Å². The number of rotatable bonds is 4. The Balaban J connectivity index is 1.29. The summed E-state index contributed by atoms with van der Waals surface area (Å²) in [5, 5.41) is 13.0. The van der Waals surface area contributed by atoms with Crippen molar-refractivity contribution < 1.29 is 5.11 Å². The lowest BCUT2D eigenvalue weighted by Crippen LogP contribution is -2.45. The standard InChI is InChI=1S/C24H25N3O/c28-24-15-23-21(20-8-4-5-9-22(20)25-23)14-19(24)17-27-12-10-26(11-13-27)16-18-6-2-1-3-7-18/h1-9,14-15,25,28H,10-13,16-17H2. The van der Waals surface area contributed by atoms with Crippen LogP contribution in [0.3, 0.4) is 0 Å². The third kappa shape index (κ3) is 3.37. The Labute approximate surface area is 165 Å². The van der Waals surface area contributed by atoms with Gasteiger partial charge in [-0.05, 0) is 17.7 Å². The highest BCUT2D eigenvalue weighted by Gasteiger charge is 2.19. The summed E-state index contributed by atoms with van der Waals surface area (Å²) in [4.78, 5) is 8.35. The van der Waals surface area contributed by atoms with Gasteiger partial charge >= 0.3 is 0 Å². The summed E-state index contributed by atoms with van der Waals surface area (Å²) in [6, 6.07) is 23.0. The van der Waals surface area contributed by atoms with Gasteiger partial charge in [0.25, 0.3) is 0 Å². The quantitative estimate of drug-likeness (QED) is 0.561. The van der Waals surface area contributed by atoms with Crippen molar-refractivity contribution in [3.05, 3.63) is 77.9 Å². The van der Waals surface area contributed by atoms with E-state index in [0.29, 0.717) is 5.75 Å². The van der Waals surface area contributed by atoms with Crippen molar-refractivity contribution >= 4 is 21.8 Å². The second-order valence-corrected chi connectivity index (χ2v) is 7.73. The van der Waals surface area contributed by atoms with Crippen molar-refractivity contribution in [1.29, 1.82) is 0 Å². The number of nitrogens with one attached hydrogen (secondary N) is 1. The molecule has 4 aromatic rings. The molecule has 0 spiro atoms. The van der Waals surface area contributed by atoms with Gasteiger partial charge in [-0.25, -0.2) is 0 Å². The van der Waals surface area contributed by atoms with Gasteiger partial charge in [-0.1, -0.05) is 48.5 Å². The highest BCUT2D eigenvalue weighted by Crippen LogP contribution is 2.31. The van der Waals surface area contributed by atoms with E-state index in [0.717, 1.165) is 55.9 Å². The molecule has 4 heteroatoms. The second kappa shape index (κ2) is 7.30. The number of aromatic amines is 1. The van der Waals surface area contributed by atoms with Crippen molar-refractivity contribution in [2.45, 2.75) is 13.1 Å². The van der Waals surface area contributed by atoms with Gasteiger partial charge in [-0.2, -0.15) is 0 Å². The number of benzene rings is 3. The normalized spacial score (nSPS) is 16.1. The first-order valence-electron chi connectivity index (χ1n) is 9.97. The van der Waals surface area contributed by atoms with Crippen LogP contribution < -0.4 is 0 Å². The monoisotopic (exact) mass is 371 g/mol. The summed E-state index contributed by atoms with van der Waals surface area (Å²) in [5.74, 6) is 0.380. The van der Waals surface area contributed by atoms with Gasteiger partial charge in [-0.15, -0.1) is 0 Å².